The van der Waals surface area contributed by atoms with Gasteiger partial charge in [0.2, 0.25) is 0 Å². The van der Waals surface area contributed by atoms with Crippen molar-refractivity contribution in [2.45, 2.75) is 12.5 Å². The van der Waals surface area contributed by atoms with E-state index in [0.717, 1.165) is 0 Å². The van der Waals surface area contributed by atoms with Crippen molar-refractivity contribution in [2.75, 3.05) is 7.05 Å². The van der Waals surface area contributed by atoms with Crippen molar-refractivity contribution in [2.24, 2.45) is 0 Å². The first-order chi connectivity index (χ1) is 10.2. The molecule has 0 spiro atoms. The van der Waals surface area contributed by atoms with Crippen LogP contribution in [0.15, 0.2) is 47.8 Å². The van der Waals surface area contributed by atoms with Crippen molar-refractivity contribution in [3.63, 3.8) is 0 Å². The van der Waals surface area contributed by atoms with Gasteiger partial charge in [0, 0.05) is 21.3 Å². The summed E-state index contributed by atoms with van der Waals surface area (Å²) in [7, 11) is 1.89. The van der Waals surface area contributed by atoms with E-state index in [1.807, 2.05) is 13.1 Å². The minimum absolute atomic E-state index is 0.0294. The van der Waals surface area contributed by atoms with Crippen LogP contribution in [0.4, 0.5) is 4.39 Å². The molecular weight excluding hydrogens is 305 g/mol. The molecule has 1 aromatic heterocycles. The van der Waals surface area contributed by atoms with Crippen LogP contribution < -0.4 is 5.32 Å². The monoisotopic (exact) mass is 319 g/mol. The molecule has 4 heteroatoms. The molecule has 0 saturated heterocycles. The zero-order valence-electron chi connectivity index (χ0n) is 11.6. The van der Waals surface area contributed by atoms with E-state index >= 15 is 0 Å². The number of halogens is 2. The van der Waals surface area contributed by atoms with Gasteiger partial charge in [-0.3, -0.25) is 0 Å². The lowest BCUT2D eigenvalue weighted by atomic mass is 9.97. The van der Waals surface area contributed by atoms with Crippen LogP contribution >= 0.6 is 22.9 Å². The topological polar surface area (TPSA) is 12.0 Å². The zero-order valence-corrected chi connectivity index (χ0v) is 13.1. The fourth-order valence-electron chi connectivity index (χ4n) is 2.59. The van der Waals surface area contributed by atoms with E-state index in [1.54, 1.807) is 23.5 Å². The van der Waals surface area contributed by atoms with Gasteiger partial charge in [-0.25, -0.2) is 4.39 Å². The van der Waals surface area contributed by atoms with Crippen molar-refractivity contribution in [1.82, 2.24) is 5.32 Å². The Kier molecular flexibility index (Phi) is 4.24. The van der Waals surface area contributed by atoms with Crippen molar-refractivity contribution < 1.29 is 4.39 Å². The van der Waals surface area contributed by atoms with Gasteiger partial charge < -0.3 is 5.32 Å². The summed E-state index contributed by atoms with van der Waals surface area (Å²) in [6.45, 7) is 0. The molecule has 2 aromatic carbocycles. The highest BCUT2D eigenvalue weighted by Gasteiger charge is 2.17. The van der Waals surface area contributed by atoms with Gasteiger partial charge in [0.15, 0.2) is 0 Å². The lowest BCUT2D eigenvalue weighted by molar-refractivity contribution is 0.557. The molecular formula is C17H15ClFNS. The van der Waals surface area contributed by atoms with Crippen LogP contribution in [0.2, 0.25) is 5.02 Å². The van der Waals surface area contributed by atoms with E-state index in [0.29, 0.717) is 17.0 Å². The van der Waals surface area contributed by atoms with E-state index in [2.05, 4.69) is 28.9 Å². The Morgan fingerprint density at radius 2 is 2.00 bits per heavy atom. The van der Waals surface area contributed by atoms with E-state index < -0.39 is 0 Å². The molecule has 0 fully saturated rings. The van der Waals surface area contributed by atoms with Crippen LogP contribution in [-0.2, 0) is 6.42 Å². The molecule has 1 unspecified atom stereocenters. The standard InChI is InChI=1S/C17H15ClFNS/c1-20-16(10-13-14(18)6-3-7-15(13)19)12-5-2-4-11-8-9-21-17(11)12/h2-9,16,20H,10H2,1H3. The third-order valence-corrected chi connectivity index (χ3v) is 5.04. The smallest absolute Gasteiger partial charge is 0.127 e. The van der Waals surface area contributed by atoms with Crippen LogP contribution in [0.5, 0.6) is 0 Å². The first-order valence-electron chi connectivity index (χ1n) is 6.77. The molecule has 1 atom stereocenters. The van der Waals surface area contributed by atoms with Gasteiger partial charge in [-0.15, -0.1) is 11.3 Å². The van der Waals surface area contributed by atoms with Crippen molar-refractivity contribution in [3.05, 3.63) is 69.8 Å². The molecule has 0 aliphatic heterocycles. The maximum Gasteiger partial charge on any atom is 0.127 e. The van der Waals surface area contributed by atoms with Crippen molar-refractivity contribution in [1.29, 1.82) is 0 Å². The number of likely N-dealkylation sites (N-methyl/N-ethyl adjacent to an activating group) is 1. The molecule has 1 heterocycles. The summed E-state index contributed by atoms with van der Waals surface area (Å²) in [6, 6.07) is 13.2. The highest BCUT2D eigenvalue weighted by atomic mass is 35.5. The SMILES string of the molecule is CNC(Cc1c(F)cccc1Cl)c1cccc2ccsc12. The molecule has 0 bridgehead atoms. The zero-order chi connectivity index (χ0) is 14.8. The predicted molar refractivity (Wildman–Crippen MR) is 88.7 cm³/mol. The van der Waals surface area contributed by atoms with E-state index in [1.165, 1.54) is 21.7 Å². The molecule has 21 heavy (non-hydrogen) atoms. The van der Waals surface area contributed by atoms with Gasteiger partial charge in [0.1, 0.15) is 5.82 Å². The van der Waals surface area contributed by atoms with Gasteiger partial charge in [0.25, 0.3) is 0 Å². The molecule has 1 nitrogen and oxygen atoms in total. The fraction of sp³-hybridized carbons (Fsp3) is 0.176. The summed E-state index contributed by atoms with van der Waals surface area (Å²) in [5.41, 5.74) is 1.75. The Labute approximate surface area is 132 Å². The highest BCUT2D eigenvalue weighted by Crippen LogP contribution is 2.32. The molecule has 1 N–H and O–H groups in total. The minimum Gasteiger partial charge on any atom is -0.313 e. The Morgan fingerprint density at radius 3 is 2.76 bits per heavy atom. The quantitative estimate of drug-likeness (QED) is 0.697. The third-order valence-electron chi connectivity index (χ3n) is 3.70. The largest absolute Gasteiger partial charge is 0.313 e. The van der Waals surface area contributed by atoms with Gasteiger partial charge >= 0.3 is 0 Å². The lowest BCUT2D eigenvalue weighted by Gasteiger charge is -2.19. The Bertz CT molecular complexity index is 748. The number of benzene rings is 2. The third kappa shape index (κ3) is 2.82. The van der Waals surface area contributed by atoms with Crippen LogP contribution in [-0.4, -0.2) is 7.05 Å². The number of hydrogen-bond acceptors (Lipinski definition) is 2. The van der Waals surface area contributed by atoms with Crippen LogP contribution in [0.1, 0.15) is 17.2 Å². The molecule has 0 aliphatic rings. The van der Waals surface area contributed by atoms with Crippen molar-refractivity contribution in [3.8, 4) is 0 Å². The van der Waals surface area contributed by atoms with E-state index in [-0.39, 0.29) is 11.9 Å². The average molecular weight is 320 g/mol. The second kappa shape index (κ2) is 6.14. The summed E-state index contributed by atoms with van der Waals surface area (Å²) >= 11 is 7.86. The Hall–Kier alpha value is -1.42. The fourth-order valence-corrected chi connectivity index (χ4v) is 3.80. The second-order valence-electron chi connectivity index (χ2n) is 4.93. The van der Waals surface area contributed by atoms with Crippen LogP contribution in [0.25, 0.3) is 10.1 Å². The van der Waals surface area contributed by atoms with E-state index in [4.69, 9.17) is 11.6 Å². The molecule has 0 radical (unpaired) electrons. The molecule has 0 aliphatic carbocycles. The summed E-state index contributed by atoms with van der Waals surface area (Å²) in [5.74, 6) is -0.249. The average Bonchev–Trinajstić information content (AvgIpc) is 2.96. The second-order valence-corrected chi connectivity index (χ2v) is 6.26. The van der Waals surface area contributed by atoms with E-state index in [9.17, 15) is 4.39 Å². The van der Waals surface area contributed by atoms with Gasteiger partial charge in [-0.2, -0.15) is 0 Å². The molecule has 0 saturated carbocycles. The number of nitrogens with one attached hydrogen (secondary N) is 1. The normalized spacial score (nSPS) is 12.7. The molecule has 0 amide bonds. The Balaban J connectivity index is 2.01. The first-order valence-corrected chi connectivity index (χ1v) is 8.02. The molecule has 3 aromatic rings. The minimum atomic E-state index is -0.249. The number of rotatable bonds is 4. The lowest BCUT2D eigenvalue weighted by Crippen LogP contribution is -2.19. The molecule has 108 valence electrons. The van der Waals surface area contributed by atoms with Gasteiger partial charge in [-0.1, -0.05) is 35.9 Å². The maximum atomic E-state index is 14.0. The predicted octanol–water partition coefficient (Wildman–Crippen LogP) is 5.20. The maximum absolute atomic E-state index is 14.0. The van der Waals surface area contributed by atoms with Crippen LogP contribution in [0, 0.1) is 5.82 Å². The number of fused-ring (bicyclic) bond motifs is 1. The first kappa shape index (κ1) is 14.5. The van der Waals surface area contributed by atoms with Crippen molar-refractivity contribution >= 4 is 33.0 Å². The summed E-state index contributed by atoms with van der Waals surface area (Å²) in [6.07, 6.45) is 0.527. The van der Waals surface area contributed by atoms with Gasteiger partial charge in [0.05, 0.1) is 0 Å². The van der Waals surface area contributed by atoms with Crippen LogP contribution in [0.3, 0.4) is 0 Å². The molecule has 3 rings (SSSR count). The summed E-state index contributed by atoms with van der Waals surface area (Å²) in [5, 5.41) is 7.06. The number of thiophene rings is 1. The Morgan fingerprint density at radius 1 is 1.19 bits per heavy atom. The summed E-state index contributed by atoms with van der Waals surface area (Å²) in [4.78, 5) is 0. The number of hydrogen-bond donors (Lipinski definition) is 1. The van der Waals surface area contributed by atoms with Gasteiger partial charge in [-0.05, 0) is 48.0 Å². The summed E-state index contributed by atoms with van der Waals surface area (Å²) < 4.78 is 15.2. The highest BCUT2D eigenvalue weighted by molar-refractivity contribution is 7.17.